The fraction of sp³-hybridized carbons (Fsp3) is 0.500. The van der Waals surface area contributed by atoms with Crippen molar-refractivity contribution in [2.75, 3.05) is 6.26 Å². The first-order chi connectivity index (χ1) is 4.83. The van der Waals surface area contributed by atoms with Crippen molar-refractivity contribution in [3.8, 4) is 0 Å². The van der Waals surface area contributed by atoms with Crippen LogP contribution in [-0.2, 0) is 0 Å². The lowest BCUT2D eigenvalue weighted by Gasteiger charge is -1.80. The number of thiophene rings is 1. The van der Waals surface area contributed by atoms with Gasteiger partial charge in [0.25, 0.3) is 0 Å². The van der Waals surface area contributed by atoms with Crippen LogP contribution in [0.4, 0.5) is 0 Å². The minimum atomic E-state index is 1.38. The van der Waals surface area contributed by atoms with Crippen LogP contribution in [0.3, 0.4) is 0 Å². The van der Waals surface area contributed by atoms with Crippen molar-refractivity contribution in [1.82, 2.24) is 0 Å². The van der Waals surface area contributed by atoms with E-state index in [1.807, 2.05) is 25.2 Å². The maximum atomic E-state index is 2.20. The summed E-state index contributed by atoms with van der Waals surface area (Å²) in [4.78, 5) is 2.78. The van der Waals surface area contributed by atoms with Gasteiger partial charge in [0, 0.05) is 15.2 Å². The standard InChI is InChI=1S/C6H8S2.C2H6/c1-5-3-6(7-2)4-8-5;1-2/h3-4H,1-2H3;1-2H3. The van der Waals surface area contributed by atoms with Crippen LogP contribution in [0.1, 0.15) is 18.7 Å². The molecule has 0 bridgehead atoms. The summed E-state index contributed by atoms with van der Waals surface area (Å²) in [5, 5.41) is 2.18. The summed E-state index contributed by atoms with van der Waals surface area (Å²) in [6.07, 6.45) is 2.10. The van der Waals surface area contributed by atoms with Gasteiger partial charge in [0.1, 0.15) is 0 Å². The Kier molecular flexibility index (Phi) is 5.84. The second-order valence-corrected chi connectivity index (χ2v) is 3.59. The zero-order valence-electron chi connectivity index (χ0n) is 6.97. The fourth-order valence-corrected chi connectivity index (χ4v) is 1.99. The molecule has 0 N–H and O–H groups in total. The number of rotatable bonds is 1. The van der Waals surface area contributed by atoms with Gasteiger partial charge in [0.05, 0.1) is 0 Å². The molecule has 2 heteroatoms. The van der Waals surface area contributed by atoms with Crippen LogP contribution in [0.15, 0.2) is 16.3 Å². The highest BCUT2D eigenvalue weighted by atomic mass is 32.2. The van der Waals surface area contributed by atoms with Gasteiger partial charge in [-0.15, -0.1) is 23.1 Å². The maximum Gasteiger partial charge on any atom is 0.0179 e. The van der Waals surface area contributed by atoms with Crippen molar-refractivity contribution >= 4 is 23.1 Å². The minimum Gasteiger partial charge on any atom is -0.148 e. The Morgan fingerprint density at radius 2 is 2.00 bits per heavy atom. The summed E-state index contributed by atoms with van der Waals surface area (Å²) in [5.41, 5.74) is 0. The average molecular weight is 174 g/mol. The molecule has 1 heterocycles. The molecule has 0 spiro atoms. The van der Waals surface area contributed by atoms with Crippen LogP contribution in [-0.4, -0.2) is 6.26 Å². The van der Waals surface area contributed by atoms with E-state index < -0.39 is 0 Å². The summed E-state index contributed by atoms with van der Waals surface area (Å²) in [6, 6.07) is 2.20. The molecule has 0 saturated carbocycles. The van der Waals surface area contributed by atoms with Crippen molar-refractivity contribution in [2.45, 2.75) is 25.7 Å². The van der Waals surface area contributed by atoms with E-state index in [0.717, 1.165) is 0 Å². The number of aryl methyl sites for hydroxylation is 1. The highest BCUT2D eigenvalue weighted by Gasteiger charge is 1.89. The van der Waals surface area contributed by atoms with Gasteiger partial charge in [0.15, 0.2) is 0 Å². The van der Waals surface area contributed by atoms with E-state index in [1.165, 1.54) is 9.77 Å². The highest BCUT2D eigenvalue weighted by molar-refractivity contribution is 7.98. The molecule has 0 saturated heterocycles. The van der Waals surface area contributed by atoms with E-state index in [4.69, 9.17) is 0 Å². The molecule has 0 atom stereocenters. The summed E-state index contributed by atoms with van der Waals surface area (Å²) < 4.78 is 0. The predicted octanol–water partition coefficient (Wildman–Crippen LogP) is 3.80. The van der Waals surface area contributed by atoms with Crippen LogP contribution in [0.2, 0.25) is 0 Å². The van der Waals surface area contributed by atoms with Gasteiger partial charge in [-0.3, -0.25) is 0 Å². The van der Waals surface area contributed by atoms with Crippen LogP contribution in [0.25, 0.3) is 0 Å². The minimum absolute atomic E-state index is 1.38. The molecule has 10 heavy (non-hydrogen) atoms. The van der Waals surface area contributed by atoms with Crippen LogP contribution in [0.5, 0.6) is 0 Å². The smallest absolute Gasteiger partial charge is 0.0179 e. The molecular formula is C8H14S2. The molecule has 0 fully saturated rings. The normalized spacial score (nSPS) is 8.40. The first-order valence-corrected chi connectivity index (χ1v) is 5.52. The van der Waals surface area contributed by atoms with E-state index in [1.54, 1.807) is 11.8 Å². The maximum absolute atomic E-state index is 2.20. The third-order valence-electron chi connectivity index (χ3n) is 0.942. The Bertz CT molecular complexity index is 168. The van der Waals surface area contributed by atoms with E-state index in [2.05, 4.69) is 24.6 Å². The third-order valence-corrected chi connectivity index (χ3v) is 2.66. The molecule has 0 radical (unpaired) electrons. The van der Waals surface area contributed by atoms with Gasteiger partial charge in [-0.25, -0.2) is 0 Å². The van der Waals surface area contributed by atoms with Crippen molar-refractivity contribution in [3.05, 3.63) is 16.3 Å². The number of thioether (sulfide) groups is 1. The van der Waals surface area contributed by atoms with Gasteiger partial charge >= 0.3 is 0 Å². The molecule has 0 amide bonds. The summed E-state index contributed by atoms with van der Waals surface area (Å²) in [6.45, 7) is 6.13. The Balaban J connectivity index is 0.000000371. The molecule has 0 nitrogen and oxygen atoms in total. The molecule has 1 aromatic heterocycles. The molecule has 1 rings (SSSR count). The Morgan fingerprint density at radius 3 is 2.20 bits per heavy atom. The van der Waals surface area contributed by atoms with E-state index in [9.17, 15) is 0 Å². The van der Waals surface area contributed by atoms with Gasteiger partial charge < -0.3 is 0 Å². The van der Waals surface area contributed by atoms with Crippen molar-refractivity contribution in [3.63, 3.8) is 0 Å². The van der Waals surface area contributed by atoms with Crippen LogP contribution in [0, 0.1) is 6.92 Å². The van der Waals surface area contributed by atoms with E-state index in [0.29, 0.717) is 0 Å². The quantitative estimate of drug-likeness (QED) is 0.583. The SMILES string of the molecule is CC.CSc1csc(C)c1. The molecule has 0 aromatic carbocycles. The second-order valence-electron chi connectivity index (χ2n) is 1.60. The lowest BCUT2D eigenvalue weighted by molar-refractivity contribution is 1.50. The molecular weight excluding hydrogens is 160 g/mol. The molecule has 0 aliphatic rings. The first-order valence-electron chi connectivity index (χ1n) is 3.42. The molecule has 0 unspecified atom stereocenters. The number of hydrogen-bond donors (Lipinski definition) is 0. The van der Waals surface area contributed by atoms with Gasteiger partial charge in [-0.2, -0.15) is 0 Å². The topological polar surface area (TPSA) is 0 Å². The van der Waals surface area contributed by atoms with E-state index in [-0.39, 0.29) is 0 Å². The highest BCUT2D eigenvalue weighted by Crippen LogP contribution is 2.21. The summed E-state index contributed by atoms with van der Waals surface area (Å²) in [7, 11) is 0. The van der Waals surface area contributed by atoms with Crippen LogP contribution < -0.4 is 0 Å². The second kappa shape index (κ2) is 5.81. The molecule has 58 valence electrons. The Labute approximate surface area is 71.7 Å². The average Bonchev–Trinajstić information content (AvgIpc) is 2.40. The zero-order valence-corrected chi connectivity index (χ0v) is 8.60. The van der Waals surface area contributed by atoms with Gasteiger partial charge in [-0.1, -0.05) is 13.8 Å². The van der Waals surface area contributed by atoms with Crippen molar-refractivity contribution in [1.29, 1.82) is 0 Å². The molecule has 0 aliphatic carbocycles. The largest absolute Gasteiger partial charge is 0.148 e. The molecule has 0 aliphatic heterocycles. The number of hydrogen-bond acceptors (Lipinski definition) is 2. The fourth-order valence-electron chi connectivity index (χ4n) is 0.526. The van der Waals surface area contributed by atoms with Gasteiger partial charge in [-0.05, 0) is 19.2 Å². The first kappa shape index (κ1) is 10.0. The molecule has 1 aromatic rings. The van der Waals surface area contributed by atoms with E-state index >= 15 is 0 Å². The Morgan fingerprint density at radius 1 is 1.40 bits per heavy atom. The van der Waals surface area contributed by atoms with Gasteiger partial charge in [0.2, 0.25) is 0 Å². The Hall–Kier alpha value is 0.0500. The predicted molar refractivity (Wildman–Crippen MR) is 52.2 cm³/mol. The summed E-state index contributed by atoms with van der Waals surface area (Å²) in [5.74, 6) is 0. The third kappa shape index (κ3) is 3.28. The lowest BCUT2D eigenvalue weighted by Crippen LogP contribution is -1.54. The van der Waals surface area contributed by atoms with Crippen molar-refractivity contribution in [2.24, 2.45) is 0 Å². The lowest BCUT2D eigenvalue weighted by atomic mass is 10.5. The zero-order chi connectivity index (χ0) is 7.98. The summed E-state index contributed by atoms with van der Waals surface area (Å²) >= 11 is 3.61. The van der Waals surface area contributed by atoms with Crippen LogP contribution >= 0.6 is 23.1 Å². The van der Waals surface area contributed by atoms with Crippen molar-refractivity contribution < 1.29 is 0 Å². The monoisotopic (exact) mass is 174 g/mol.